The van der Waals surface area contributed by atoms with Gasteiger partial charge in [-0.2, -0.15) is 0 Å². The highest BCUT2D eigenvalue weighted by Gasteiger charge is 2.21. The van der Waals surface area contributed by atoms with Crippen LogP contribution in [0.15, 0.2) is 259 Å². The van der Waals surface area contributed by atoms with E-state index in [9.17, 15) is 0 Å². The van der Waals surface area contributed by atoms with Gasteiger partial charge < -0.3 is 13.9 Å². The molecule has 13 aromatic rings. The molecule has 0 aliphatic rings. The lowest BCUT2D eigenvalue weighted by molar-refractivity contribution is 0.669. The molecule has 314 valence electrons. The topological polar surface area (TPSA) is 21.3 Å². The molecular formula is C64H42N2O. The van der Waals surface area contributed by atoms with Crippen molar-refractivity contribution in [1.82, 2.24) is 4.57 Å². The second-order valence-corrected chi connectivity index (χ2v) is 17.3. The Morgan fingerprint density at radius 3 is 1.43 bits per heavy atom. The van der Waals surface area contributed by atoms with Gasteiger partial charge >= 0.3 is 0 Å². The van der Waals surface area contributed by atoms with Crippen LogP contribution in [0.4, 0.5) is 17.1 Å². The van der Waals surface area contributed by atoms with Crippen molar-refractivity contribution in [3.8, 4) is 50.2 Å². The Morgan fingerprint density at radius 1 is 0.313 bits per heavy atom. The Labute approximate surface area is 388 Å². The fraction of sp³-hybridized carbons (Fsp3) is 0. The number of rotatable bonds is 8. The minimum atomic E-state index is 0.863. The minimum Gasteiger partial charge on any atom is -0.454 e. The summed E-state index contributed by atoms with van der Waals surface area (Å²) in [7, 11) is 0. The van der Waals surface area contributed by atoms with Gasteiger partial charge in [0.05, 0.1) is 16.7 Å². The predicted molar refractivity (Wildman–Crippen MR) is 282 cm³/mol. The summed E-state index contributed by atoms with van der Waals surface area (Å²) in [6.45, 7) is 0. The van der Waals surface area contributed by atoms with Gasteiger partial charge in [-0.25, -0.2) is 0 Å². The van der Waals surface area contributed by atoms with E-state index in [0.717, 1.165) is 44.6 Å². The number of para-hydroxylation sites is 3. The maximum atomic E-state index is 6.78. The molecule has 0 spiro atoms. The number of aromatic nitrogens is 1. The summed E-state index contributed by atoms with van der Waals surface area (Å²) in [5.74, 6) is 0. The molecule has 0 aliphatic carbocycles. The van der Waals surface area contributed by atoms with Crippen LogP contribution in [0.2, 0.25) is 0 Å². The fourth-order valence-electron chi connectivity index (χ4n) is 10.1. The average Bonchev–Trinajstić information content (AvgIpc) is 3.96. The van der Waals surface area contributed by atoms with Crippen molar-refractivity contribution in [2.75, 3.05) is 4.90 Å². The monoisotopic (exact) mass is 854 g/mol. The molecule has 0 fully saturated rings. The number of furan rings is 1. The molecule has 11 aromatic carbocycles. The Morgan fingerprint density at radius 2 is 0.791 bits per heavy atom. The first-order valence-corrected chi connectivity index (χ1v) is 22.9. The molecule has 0 saturated heterocycles. The minimum absolute atomic E-state index is 0.863. The zero-order valence-electron chi connectivity index (χ0n) is 36.6. The summed E-state index contributed by atoms with van der Waals surface area (Å²) >= 11 is 0. The average molecular weight is 855 g/mol. The lowest BCUT2D eigenvalue weighted by Gasteiger charge is -2.26. The van der Waals surface area contributed by atoms with E-state index in [-0.39, 0.29) is 0 Å². The van der Waals surface area contributed by atoms with Crippen LogP contribution in [-0.2, 0) is 0 Å². The molecule has 0 N–H and O–H groups in total. The van der Waals surface area contributed by atoms with Crippen LogP contribution in [0.3, 0.4) is 0 Å². The van der Waals surface area contributed by atoms with E-state index < -0.39 is 0 Å². The summed E-state index contributed by atoms with van der Waals surface area (Å²) in [6.07, 6.45) is 0. The number of hydrogen-bond donors (Lipinski definition) is 0. The van der Waals surface area contributed by atoms with Gasteiger partial charge in [-0.15, -0.1) is 0 Å². The molecule has 0 saturated carbocycles. The zero-order chi connectivity index (χ0) is 44.3. The smallest absolute Gasteiger partial charge is 0.159 e. The lowest BCUT2D eigenvalue weighted by Crippen LogP contribution is -2.10. The van der Waals surface area contributed by atoms with Crippen molar-refractivity contribution >= 4 is 71.6 Å². The Bertz CT molecular complexity index is 3920. The van der Waals surface area contributed by atoms with Gasteiger partial charge in [-0.1, -0.05) is 194 Å². The van der Waals surface area contributed by atoms with Crippen LogP contribution in [-0.4, -0.2) is 4.57 Å². The van der Waals surface area contributed by atoms with E-state index in [4.69, 9.17) is 4.42 Å². The largest absolute Gasteiger partial charge is 0.454 e. The number of fused-ring (bicyclic) bond motifs is 8. The first kappa shape index (κ1) is 38.5. The fourth-order valence-corrected chi connectivity index (χ4v) is 10.1. The van der Waals surface area contributed by atoms with Crippen molar-refractivity contribution in [3.63, 3.8) is 0 Å². The zero-order valence-corrected chi connectivity index (χ0v) is 36.6. The number of anilines is 3. The Hall–Kier alpha value is -8.92. The number of benzene rings is 11. The molecule has 3 nitrogen and oxygen atoms in total. The number of nitrogens with zero attached hydrogens (tertiary/aromatic N) is 2. The third kappa shape index (κ3) is 6.67. The second-order valence-electron chi connectivity index (χ2n) is 17.3. The molecule has 2 heterocycles. The van der Waals surface area contributed by atoms with Crippen molar-refractivity contribution in [2.24, 2.45) is 0 Å². The van der Waals surface area contributed by atoms with Gasteiger partial charge in [-0.05, 0) is 116 Å². The summed E-state index contributed by atoms with van der Waals surface area (Å²) in [6, 6.07) is 91.6. The van der Waals surface area contributed by atoms with Crippen molar-refractivity contribution in [2.45, 2.75) is 0 Å². The van der Waals surface area contributed by atoms with Gasteiger partial charge in [-0.3, -0.25) is 0 Å². The normalized spacial score (nSPS) is 11.6. The van der Waals surface area contributed by atoms with Crippen molar-refractivity contribution in [3.05, 3.63) is 255 Å². The molecule has 0 bridgehead atoms. The van der Waals surface area contributed by atoms with E-state index in [1.165, 1.54) is 77.2 Å². The van der Waals surface area contributed by atoms with Crippen LogP contribution in [0.5, 0.6) is 0 Å². The summed E-state index contributed by atoms with van der Waals surface area (Å²) in [5.41, 5.74) is 17.9. The highest BCUT2D eigenvalue weighted by molar-refractivity contribution is 6.21. The van der Waals surface area contributed by atoms with Gasteiger partial charge in [0.15, 0.2) is 5.58 Å². The SMILES string of the molecule is c1ccc(-c2ccc(N(c3ccc(-c4ccc(-c5ccc(-c6ccc7c8ccccc8n(-c8ccccc8)c7c6)cc5)cc4)cc3)c3cccc4c3oc3ccc5ccccc5c34)cc2)cc1. The molecular weight excluding hydrogens is 813 g/mol. The van der Waals surface area contributed by atoms with Crippen LogP contribution in [0.25, 0.3) is 105 Å². The van der Waals surface area contributed by atoms with Crippen LogP contribution in [0.1, 0.15) is 0 Å². The van der Waals surface area contributed by atoms with Crippen molar-refractivity contribution < 1.29 is 4.42 Å². The third-order valence-corrected chi connectivity index (χ3v) is 13.4. The molecule has 2 aromatic heterocycles. The molecule has 0 amide bonds. The maximum absolute atomic E-state index is 6.78. The summed E-state index contributed by atoms with van der Waals surface area (Å²) in [5, 5.41) is 7.17. The van der Waals surface area contributed by atoms with Crippen LogP contribution in [0, 0.1) is 0 Å². The highest BCUT2D eigenvalue weighted by atomic mass is 16.3. The first-order valence-electron chi connectivity index (χ1n) is 22.9. The van der Waals surface area contributed by atoms with Gasteiger partial charge in [0.2, 0.25) is 0 Å². The van der Waals surface area contributed by atoms with Crippen LogP contribution < -0.4 is 4.90 Å². The predicted octanol–water partition coefficient (Wildman–Crippen LogP) is 18.0. The highest BCUT2D eigenvalue weighted by Crippen LogP contribution is 2.45. The molecule has 13 rings (SSSR count). The third-order valence-electron chi connectivity index (χ3n) is 13.4. The standard InChI is InChI=1S/C64H42N2O/c1-3-12-43(13-4-1)47-30-36-53(37-31-47)65(60-21-11-19-58-63-55-17-8-7-14-50(55)35-41-62(63)67-64(58)60)54-38-32-48(33-39-54)46-24-22-44(23-25-46)45-26-28-49(29-27-45)51-34-40-57-56-18-9-10-20-59(56)66(61(57)42-51)52-15-5-2-6-16-52/h1-42H. The van der Waals surface area contributed by atoms with Gasteiger partial charge in [0, 0.05) is 38.6 Å². The van der Waals surface area contributed by atoms with Crippen molar-refractivity contribution in [1.29, 1.82) is 0 Å². The molecule has 0 radical (unpaired) electrons. The van der Waals surface area contributed by atoms with E-state index in [1.807, 2.05) is 0 Å². The van der Waals surface area contributed by atoms with Gasteiger partial charge in [0.1, 0.15) is 5.58 Å². The van der Waals surface area contributed by atoms with E-state index >= 15 is 0 Å². The number of hydrogen-bond acceptors (Lipinski definition) is 2. The lowest BCUT2D eigenvalue weighted by atomic mass is 9.97. The van der Waals surface area contributed by atoms with E-state index in [2.05, 4.69) is 264 Å². The molecule has 0 unspecified atom stereocenters. The molecule has 0 atom stereocenters. The summed E-state index contributed by atoms with van der Waals surface area (Å²) in [4.78, 5) is 2.32. The molecule has 67 heavy (non-hydrogen) atoms. The van der Waals surface area contributed by atoms with Gasteiger partial charge in [0.25, 0.3) is 0 Å². The Kier molecular flexibility index (Phi) is 9.17. The molecule has 0 aliphatic heterocycles. The second kappa shape index (κ2) is 16.0. The van der Waals surface area contributed by atoms with E-state index in [0.29, 0.717) is 0 Å². The summed E-state index contributed by atoms with van der Waals surface area (Å²) < 4.78 is 9.16. The molecule has 3 heteroatoms. The Balaban J connectivity index is 0.815. The quantitative estimate of drug-likeness (QED) is 0.152. The maximum Gasteiger partial charge on any atom is 0.159 e. The first-order chi connectivity index (χ1) is 33.2. The van der Waals surface area contributed by atoms with E-state index in [1.54, 1.807) is 0 Å². The van der Waals surface area contributed by atoms with Crippen LogP contribution >= 0.6 is 0 Å².